The van der Waals surface area contributed by atoms with Crippen molar-refractivity contribution in [1.82, 2.24) is 0 Å². The minimum Gasteiger partial charge on any atom is -0.481 e. The number of carbonyl (C=O) groups excluding carboxylic acids is 1. The van der Waals surface area contributed by atoms with E-state index in [2.05, 4.69) is 6.92 Å². The van der Waals surface area contributed by atoms with Crippen LogP contribution in [0.25, 0.3) is 0 Å². The molecule has 0 aromatic rings. The molecule has 0 aliphatic heterocycles. The maximum Gasteiger partial charge on any atom is 0.303 e. The molecule has 1 aliphatic carbocycles. The van der Waals surface area contributed by atoms with Crippen molar-refractivity contribution in [3.05, 3.63) is 0 Å². The van der Waals surface area contributed by atoms with E-state index < -0.39 is 5.97 Å². The van der Waals surface area contributed by atoms with Crippen LogP contribution in [0.2, 0.25) is 0 Å². The van der Waals surface area contributed by atoms with Crippen LogP contribution in [0.1, 0.15) is 103 Å². The van der Waals surface area contributed by atoms with Crippen LogP contribution < -0.4 is 0 Å². The topological polar surface area (TPSA) is 54.4 Å². The van der Waals surface area contributed by atoms with E-state index in [4.69, 9.17) is 5.11 Å². The lowest BCUT2D eigenvalue weighted by molar-refractivity contribution is -0.137. The zero-order valence-electron chi connectivity index (χ0n) is 15.0. The summed E-state index contributed by atoms with van der Waals surface area (Å²) in [6.45, 7) is 2.18. The summed E-state index contributed by atoms with van der Waals surface area (Å²) in [5.74, 6) is 1.38. The fourth-order valence-electron chi connectivity index (χ4n) is 3.95. The van der Waals surface area contributed by atoms with Gasteiger partial charge in [-0.1, -0.05) is 64.7 Å². The Morgan fingerprint density at radius 2 is 1.48 bits per heavy atom. The van der Waals surface area contributed by atoms with Crippen LogP contribution in [0.15, 0.2) is 0 Å². The lowest BCUT2D eigenvalue weighted by Gasteiger charge is -2.19. The Hall–Kier alpha value is -0.860. The summed E-state index contributed by atoms with van der Waals surface area (Å²) in [6.07, 6.45) is 15.9. The molecule has 23 heavy (non-hydrogen) atoms. The first-order valence-electron chi connectivity index (χ1n) is 9.87. The Morgan fingerprint density at radius 3 is 2.17 bits per heavy atom. The third-order valence-electron chi connectivity index (χ3n) is 5.39. The molecular weight excluding hydrogens is 288 g/mol. The minimum absolute atomic E-state index is 0.312. The van der Waals surface area contributed by atoms with E-state index in [1.54, 1.807) is 0 Å². The Bertz CT molecular complexity index is 338. The molecule has 2 unspecified atom stereocenters. The predicted octanol–water partition coefficient (Wildman–Crippen LogP) is 5.76. The number of carboxylic acids is 1. The molecule has 0 aromatic carbocycles. The highest BCUT2D eigenvalue weighted by atomic mass is 16.4. The van der Waals surface area contributed by atoms with Gasteiger partial charge < -0.3 is 5.11 Å². The Kier molecular flexibility index (Phi) is 11.0. The molecule has 0 amide bonds. The van der Waals surface area contributed by atoms with Crippen molar-refractivity contribution in [1.29, 1.82) is 0 Å². The van der Waals surface area contributed by atoms with Gasteiger partial charge in [0.1, 0.15) is 5.78 Å². The average molecular weight is 325 g/mol. The normalized spacial score (nSPS) is 20.7. The van der Waals surface area contributed by atoms with Crippen LogP contribution in [-0.4, -0.2) is 16.9 Å². The van der Waals surface area contributed by atoms with Crippen LogP contribution >= 0.6 is 0 Å². The number of carboxylic acid groups (broad SMARTS) is 1. The number of Topliss-reactive ketones (excluding diaryl/α,β-unsaturated/α-hetero) is 1. The fourth-order valence-corrected chi connectivity index (χ4v) is 3.95. The van der Waals surface area contributed by atoms with Crippen molar-refractivity contribution in [2.75, 3.05) is 0 Å². The van der Waals surface area contributed by atoms with Crippen LogP contribution in [0.4, 0.5) is 0 Å². The summed E-state index contributed by atoms with van der Waals surface area (Å²) in [5.41, 5.74) is 0. The van der Waals surface area contributed by atoms with Crippen LogP contribution in [0, 0.1) is 11.8 Å². The van der Waals surface area contributed by atoms with Gasteiger partial charge in [0.25, 0.3) is 0 Å². The minimum atomic E-state index is -0.676. The molecule has 1 aliphatic rings. The third kappa shape index (κ3) is 9.78. The molecule has 0 saturated heterocycles. The van der Waals surface area contributed by atoms with Crippen LogP contribution in [0.5, 0.6) is 0 Å². The molecule has 2 atom stereocenters. The molecule has 0 spiro atoms. The van der Waals surface area contributed by atoms with Gasteiger partial charge in [0.05, 0.1) is 0 Å². The molecule has 1 fully saturated rings. The predicted molar refractivity (Wildman–Crippen MR) is 94.6 cm³/mol. The number of carbonyl (C=O) groups is 2. The van der Waals surface area contributed by atoms with Crippen molar-refractivity contribution < 1.29 is 14.7 Å². The first-order chi connectivity index (χ1) is 11.1. The quantitative estimate of drug-likeness (QED) is 0.413. The molecule has 0 aromatic heterocycles. The van der Waals surface area contributed by atoms with E-state index in [1.165, 1.54) is 44.9 Å². The summed E-state index contributed by atoms with van der Waals surface area (Å²) in [5, 5.41) is 8.62. The van der Waals surface area contributed by atoms with Crippen molar-refractivity contribution in [2.45, 2.75) is 103 Å². The number of rotatable bonds is 14. The number of ketones is 1. The lowest BCUT2D eigenvalue weighted by Crippen LogP contribution is -2.10. The Labute approximate surface area is 142 Å². The molecule has 1 N–H and O–H groups in total. The van der Waals surface area contributed by atoms with E-state index in [-0.39, 0.29) is 0 Å². The van der Waals surface area contributed by atoms with E-state index in [0.717, 1.165) is 56.8 Å². The number of aliphatic carboxylic acids is 1. The lowest BCUT2D eigenvalue weighted by atomic mass is 9.86. The van der Waals surface area contributed by atoms with Gasteiger partial charge in [-0.15, -0.1) is 0 Å². The highest BCUT2D eigenvalue weighted by Gasteiger charge is 2.26. The molecule has 3 nitrogen and oxygen atoms in total. The second-order valence-electron chi connectivity index (χ2n) is 7.33. The summed E-state index contributed by atoms with van der Waals surface area (Å²) < 4.78 is 0. The highest BCUT2D eigenvalue weighted by Crippen LogP contribution is 2.38. The van der Waals surface area contributed by atoms with Crippen molar-refractivity contribution in [3.63, 3.8) is 0 Å². The van der Waals surface area contributed by atoms with E-state index in [1.807, 2.05) is 0 Å². The number of hydrogen-bond acceptors (Lipinski definition) is 2. The molecule has 1 rings (SSSR count). The first kappa shape index (κ1) is 20.2. The molecule has 3 heteroatoms. The number of hydrogen-bond donors (Lipinski definition) is 1. The maximum atomic E-state index is 11.9. The summed E-state index contributed by atoms with van der Waals surface area (Å²) >= 11 is 0. The molecule has 134 valence electrons. The van der Waals surface area contributed by atoms with E-state index >= 15 is 0 Å². The van der Waals surface area contributed by atoms with Gasteiger partial charge >= 0.3 is 5.97 Å². The largest absolute Gasteiger partial charge is 0.481 e. The zero-order chi connectivity index (χ0) is 16.9. The van der Waals surface area contributed by atoms with E-state index in [0.29, 0.717) is 12.2 Å². The highest BCUT2D eigenvalue weighted by molar-refractivity contribution is 5.78. The monoisotopic (exact) mass is 324 g/mol. The third-order valence-corrected chi connectivity index (χ3v) is 5.39. The fraction of sp³-hybridized carbons (Fsp3) is 0.900. The zero-order valence-corrected chi connectivity index (χ0v) is 15.0. The Balaban J connectivity index is 2.09. The first-order valence-corrected chi connectivity index (χ1v) is 9.87. The Morgan fingerprint density at radius 1 is 0.826 bits per heavy atom. The van der Waals surface area contributed by atoms with Crippen molar-refractivity contribution >= 4 is 11.8 Å². The number of unbranched alkanes of at least 4 members (excludes halogenated alkanes) is 5. The van der Waals surface area contributed by atoms with Gasteiger partial charge in [-0.25, -0.2) is 0 Å². The molecular formula is C20H36O3. The molecule has 1 saturated carbocycles. The molecule has 0 heterocycles. The SMILES string of the molecule is CCCCCC(=O)CCC1CCCC1CCCCCCC(=O)O. The summed E-state index contributed by atoms with van der Waals surface area (Å²) in [4.78, 5) is 22.4. The van der Waals surface area contributed by atoms with Gasteiger partial charge in [0, 0.05) is 19.3 Å². The van der Waals surface area contributed by atoms with Gasteiger partial charge in [-0.3, -0.25) is 9.59 Å². The smallest absolute Gasteiger partial charge is 0.303 e. The van der Waals surface area contributed by atoms with E-state index in [9.17, 15) is 9.59 Å². The second kappa shape index (κ2) is 12.5. The van der Waals surface area contributed by atoms with Gasteiger partial charge in [0.2, 0.25) is 0 Å². The van der Waals surface area contributed by atoms with Gasteiger partial charge in [0.15, 0.2) is 0 Å². The maximum absolute atomic E-state index is 11.9. The molecule has 0 radical (unpaired) electrons. The second-order valence-corrected chi connectivity index (χ2v) is 7.33. The summed E-state index contributed by atoms with van der Waals surface area (Å²) in [6, 6.07) is 0. The standard InChI is InChI=1S/C20H36O3/c1-2-3-6-13-19(21)16-15-18-12-9-11-17(18)10-7-4-5-8-14-20(22)23/h17-18H,2-16H2,1H3,(H,22,23). The van der Waals surface area contributed by atoms with Crippen LogP contribution in [0.3, 0.4) is 0 Å². The summed E-state index contributed by atoms with van der Waals surface area (Å²) in [7, 11) is 0. The average Bonchev–Trinajstić information content (AvgIpc) is 2.96. The van der Waals surface area contributed by atoms with Crippen molar-refractivity contribution in [3.8, 4) is 0 Å². The molecule has 0 bridgehead atoms. The van der Waals surface area contributed by atoms with Gasteiger partial charge in [-0.2, -0.15) is 0 Å². The van der Waals surface area contributed by atoms with Crippen LogP contribution in [-0.2, 0) is 9.59 Å². The van der Waals surface area contributed by atoms with Crippen molar-refractivity contribution in [2.24, 2.45) is 11.8 Å². The van der Waals surface area contributed by atoms with Gasteiger partial charge in [-0.05, 0) is 31.1 Å².